The summed E-state index contributed by atoms with van der Waals surface area (Å²) in [6.45, 7) is 2.27. The summed E-state index contributed by atoms with van der Waals surface area (Å²) < 4.78 is 18.8. The molecule has 2 heterocycles. The lowest BCUT2D eigenvalue weighted by molar-refractivity contribution is -0.151. The number of nitrogens with zero attached hydrogens (tertiary/aromatic N) is 1. The highest BCUT2D eigenvalue weighted by Gasteiger charge is 2.30. The molecule has 2 unspecified atom stereocenters. The van der Waals surface area contributed by atoms with Crippen LogP contribution in [0, 0.1) is 0 Å². The van der Waals surface area contributed by atoms with Crippen molar-refractivity contribution in [2.45, 2.75) is 32.1 Å². The third kappa shape index (κ3) is 7.76. The van der Waals surface area contributed by atoms with Crippen LogP contribution in [0.25, 0.3) is 10.9 Å². The molecule has 234 valence electrons. The van der Waals surface area contributed by atoms with Gasteiger partial charge in [-0.05, 0) is 47.5 Å². The van der Waals surface area contributed by atoms with E-state index in [1.54, 1.807) is 65.4 Å². The number of anilines is 2. The highest BCUT2D eigenvalue weighted by molar-refractivity contribution is 6.05. The van der Waals surface area contributed by atoms with E-state index in [2.05, 4.69) is 10.6 Å². The quantitative estimate of drug-likeness (QED) is 0.137. The molecule has 4 aromatic rings. The van der Waals surface area contributed by atoms with Crippen LogP contribution in [0.15, 0.2) is 90.8 Å². The Bertz CT molecular complexity index is 1700. The van der Waals surface area contributed by atoms with Gasteiger partial charge < -0.3 is 35.7 Å². The van der Waals surface area contributed by atoms with Gasteiger partial charge in [-0.1, -0.05) is 42.5 Å². The number of carbonyl (C=O) groups is 3. The maximum atomic E-state index is 13.3. The second-order valence-corrected chi connectivity index (χ2v) is 10.5. The van der Waals surface area contributed by atoms with Crippen molar-refractivity contribution in [1.29, 1.82) is 0 Å². The zero-order chi connectivity index (χ0) is 31.8. The van der Waals surface area contributed by atoms with E-state index in [0.717, 1.165) is 22.0 Å². The molecule has 0 aliphatic carbocycles. The molecule has 0 spiro atoms. The molecule has 11 nitrogen and oxygen atoms in total. The first-order valence-electron chi connectivity index (χ1n) is 14.7. The van der Waals surface area contributed by atoms with Crippen molar-refractivity contribution < 1.29 is 33.7 Å². The second-order valence-electron chi connectivity index (χ2n) is 10.5. The number of aliphatic hydroxyl groups excluding tert-OH is 1. The molecule has 5 N–H and O–H groups in total. The number of nitrogen functional groups attached to an aromatic ring is 1. The zero-order valence-corrected chi connectivity index (χ0v) is 24.9. The minimum Gasteiger partial charge on any atom is -0.459 e. The Labute approximate surface area is 260 Å². The number of benzene rings is 3. The lowest BCUT2D eigenvalue weighted by Gasteiger charge is -2.29. The second kappa shape index (κ2) is 14.7. The molecule has 1 aliphatic heterocycles. The van der Waals surface area contributed by atoms with Crippen LogP contribution in [0.5, 0.6) is 0 Å². The molecule has 0 fully saturated rings. The first-order valence-corrected chi connectivity index (χ1v) is 14.7. The Kier molecular flexibility index (Phi) is 10.3. The number of fused-ring (bicyclic) bond motifs is 1. The van der Waals surface area contributed by atoms with E-state index < -0.39 is 12.2 Å². The number of aliphatic hydroxyl groups is 1. The van der Waals surface area contributed by atoms with Gasteiger partial charge in [0.05, 0.1) is 43.3 Å². The van der Waals surface area contributed by atoms with Gasteiger partial charge in [0.1, 0.15) is 0 Å². The van der Waals surface area contributed by atoms with Crippen molar-refractivity contribution in [3.05, 3.63) is 108 Å². The summed E-state index contributed by atoms with van der Waals surface area (Å²) in [6, 6.07) is 21.5. The summed E-state index contributed by atoms with van der Waals surface area (Å²) in [6.07, 6.45) is 3.24. The fraction of sp³-hybridized carbons (Fsp3) is 0.265. The van der Waals surface area contributed by atoms with Gasteiger partial charge in [0.2, 0.25) is 12.2 Å². The summed E-state index contributed by atoms with van der Waals surface area (Å²) in [5, 5.41) is 15.5. The van der Waals surface area contributed by atoms with Gasteiger partial charge in [-0.3, -0.25) is 19.0 Å². The van der Waals surface area contributed by atoms with Gasteiger partial charge >= 0.3 is 0 Å². The Balaban J connectivity index is 1.29. The number of allylic oxidation sites excluding steroid dienone is 1. The van der Waals surface area contributed by atoms with Crippen LogP contribution in [0.2, 0.25) is 0 Å². The van der Waals surface area contributed by atoms with Crippen LogP contribution < -0.4 is 16.4 Å². The van der Waals surface area contributed by atoms with E-state index in [1.807, 2.05) is 24.3 Å². The molecule has 1 aliphatic rings. The van der Waals surface area contributed by atoms with Gasteiger partial charge in [0.15, 0.2) is 5.76 Å². The van der Waals surface area contributed by atoms with E-state index >= 15 is 0 Å². The van der Waals surface area contributed by atoms with Gasteiger partial charge in [0.25, 0.3) is 11.8 Å². The third-order valence-corrected chi connectivity index (χ3v) is 7.41. The Hall–Kier alpha value is -4.97. The van der Waals surface area contributed by atoms with E-state index in [-0.39, 0.29) is 56.5 Å². The van der Waals surface area contributed by atoms with Gasteiger partial charge in [0, 0.05) is 43.0 Å². The van der Waals surface area contributed by atoms with Gasteiger partial charge in [-0.2, -0.15) is 0 Å². The number of para-hydroxylation sites is 3. The molecule has 0 radical (unpaired) electrons. The molecule has 2 amide bonds. The topological polar surface area (TPSA) is 154 Å². The predicted molar refractivity (Wildman–Crippen MR) is 170 cm³/mol. The fourth-order valence-corrected chi connectivity index (χ4v) is 5.15. The van der Waals surface area contributed by atoms with E-state index in [9.17, 15) is 14.4 Å². The first-order chi connectivity index (χ1) is 21.8. The van der Waals surface area contributed by atoms with E-state index in [1.165, 1.54) is 6.92 Å². The molecule has 2 atom stereocenters. The minimum absolute atomic E-state index is 0.0893. The van der Waals surface area contributed by atoms with Crippen LogP contribution in [0.1, 0.15) is 45.5 Å². The average molecular weight is 613 g/mol. The molecule has 3 aromatic carbocycles. The highest BCUT2D eigenvalue weighted by Crippen LogP contribution is 2.36. The van der Waals surface area contributed by atoms with Crippen molar-refractivity contribution in [2.24, 2.45) is 0 Å². The molecule has 1 aromatic heterocycles. The Morgan fingerprint density at radius 3 is 2.49 bits per heavy atom. The zero-order valence-electron chi connectivity index (χ0n) is 24.9. The smallest absolute Gasteiger partial charge is 0.286 e. The van der Waals surface area contributed by atoms with Crippen LogP contribution in [0.4, 0.5) is 11.4 Å². The molecule has 11 heteroatoms. The number of ether oxygens (including phenoxy) is 3. The molecule has 0 bridgehead atoms. The maximum Gasteiger partial charge on any atom is 0.286 e. The van der Waals surface area contributed by atoms with Crippen LogP contribution in [-0.2, 0) is 25.5 Å². The normalized spacial score (nSPS) is 16.1. The summed E-state index contributed by atoms with van der Waals surface area (Å²) in [5.41, 5.74) is 9.82. The van der Waals surface area contributed by atoms with Crippen LogP contribution in [-0.4, -0.2) is 60.1 Å². The van der Waals surface area contributed by atoms with E-state index in [0.29, 0.717) is 23.4 Å². The number of hydrogen-bond acceptors (Lipinski definition) is 8. The Morgan fingerprint density at radius 2 is 1.73 bits per heavy atom. The van der Waals surface area contributed by atoms with Crippen molar-refractivity contribution in [1.82, 2.24) is 9.88 Å². The molecular weight excluding hydrogens is 576 g/mol. The number of hydrogen-bond donors (Lipinski definition) is 4. The van der Waals surface area contributed by atoms with Crippen molar-refractivity contribution >= 4 is 40.0 Å². The molecule has 5 rings (SSSR count). The van der Waals surface area contributed by atoms with Crippen molar-refractivity contribution in [3.8, 4) is 0 Å². The standard InChI is InChI=1S/C34H36N4O7/c1-22(40)38-21-27(26-6-2-5-9-30(26)38)25-18-31(45-32(19-25)44-17-16-43-15-14-39)34(42)36-20-23-10-12-24(13-11-23)33(41)37-29-8-4-3-7-28(29)35/h2-13,18,21,25,32,39H,14-17,19-20,35H2,1H3,(H,36,42)(H,37,41). The minimum atomic E-state index is -0.741. The summed E-state index contributed by atoms with van der Waals surface area (Å²) in [4.78, 5) is 38.4. The summed E-state index contributed by atoms with van der Waals surface area (Å²) >= 11 is 0. The van der Waals surface area contributed by atoms with Crippen molar-refractivity contribution in [3.63, 3.8) is 0 Å². The average Bonchev–Trinajstić information content (AvgIpc) is 3.45. The SMILES string of the molecule is CC(=O)n1cc(C2C=C(C(=O)NCc3ccc(C(=O)Nc4ccccc4N)cc3)OC(OCCOCCO)C2)c2ccccc21. The Morgan fingerprint density at radius 1 is 0.978 bits per heavy atom. The fourth-order valence-electron chi connectivity index (χ4n) is 5.15. The molecule has 45 heavy (non-hydrogen) atoms. The van der Waals surface area contributed by atoms with Crippen LogP contribution in [0.3, 0.4) is 0 Å². The van der Waals surface area contributed by atoms with Gasteiger partial charge in [-0.15, -0.1) is 0 Å². The molecular formula is C34H36N4O7. The predicted octanol–water partition coefficient (Wildman–Crippen LogP) is 4.19. The monoisotopic (exact) mass is 612 g/mol. The largest absolute Gasteiger partial charge is 0.459 e. The number of nitrogens with one attached hydrogen (secondary N) is 2. The third-order valence-electron chi connectivity index (χ3n) is 7.41. The highest BCUT2D eigenvalue weighted by atomic mass is 16.7. The van der Waals surface area contributed by atoms with Gasteiger partial charge in [-0.25, -0.2) is 0 Å². The first kappa shape index (κ1) is 31.5. The molecule has 0 saturated carbocycles. The maximum absolute atomic E-state index is 13.3. The number of carbonyl (C=O) groups excluding carboxylic acids is 3. The lowest BCUT2D eigenvalue weighted by Crippen LogP contribution is -2.33. The number of aromatic nitrogens is 1. The number of rotatable bonds is 12. The summed E-state index contributed by atoms with van der Waals surface area (Å²) in [7, 11) is 0. The number of amides is 2. The number of nitrogens with two attached hydrogens (primary N) is 1. The van der Waals surface area contributed by atoms with E-state index in [4.69, 9.17) is 25.1 Å². The van der Waals surface area contributed by atoms with Crippen LogP contribution >= 0.6 is 0 Å². The lowest BCUT2D eigenvalue weighted by atomic mass is 9.92. The summed E-state index contributed by atoms with van der Waals surface area (Å²) in [5.74, 6) is -1.02. The molecule has 0 saturated heterocycles. The van der Waals surface area contributed by atoms with Crippen molar-refractivity contribution in [2.75, 3.05) is 37.5 Å².